The third-order valence-corrected chi connectivity index (χ3v) is 3.95. The van der Waals surface area contributed by atoms with Gasteiger partial charge in [-0.05, 0) is 56.3 Å². The van der Waals surface area contributed by atoms with Crippen LogP contribution in [0.15, 0.2) is 35.9 Å². The fourth-order valence-corrected chi connectivity index (χ4v) is 2.83. The molecule has 1 nitrogen and oxygen atoms in total. The number of benzene rings is 1. The molecule has 0 heterocycles. The first kappa shape index (κ1) is 16.1. The first-order chi connectivity index (χ1) is 10.0. The molecule has 0 spiro atoms. The monoisotopic (exact) mass is 297 g/mol. The van der Waals surface area contributed by atoms with Crippen LogP contribution in [0.1, 0.15) is 43.7 Å². The minimum atomic E-state index is -4.26. The van der Waals surface area contributed by atoms with E-state index in [1.807, 2.05) is 0 Å². The molecule has 1 unspecified atom stereocenters. The van der Waals surface area contributed by atoms with E-state index in [9.17, 15) is 13.2 Å². The lowest BCUT2D eigenvalue weighted by atomic mass is 9.90. The van der Waals surface area contributed by atoms with Crippen molar-refractivity contribution in [2.45, 2.75) is 51.2 Å². The van der Waals surface area contributed by atoms with E-state index in [0.29, 0.717) is 0 Å². The molecule has 0 radical (unpaired) electrons. The second kappa shape index (κ2) is 7.12. The van der Waals surface area contributed by atoms with E-state index in [-0.39, 0.29) is 6.04 Å². The molecule has 116 valence electrons. The van der Waals surface area contributed by atoms with Gasteiger partial charge in [-0.25, -0.2) is 0 Å². The molecule has 21 heavy (non-hydrogen) atoms. The van der Waals surface area contributed by atoms with Crippen LogP contribution in [0, 0.1) is 0 Å². The van der Waals surface area contributed by atoms with E-state index in [0.717, 1.165) is 31.4 Å². The van der Waals surface area contributed by atoms with Crippen LogP contribution < -0.4 is 5.32 Å². The predicted molar refractivity (Wildman–Crippen MR) is 79.2 cm³/mol. The largest absolute Gasteiger partial charge is 0.416 e. The molecule has 1 N–H and O–H groups in total. The van der Waals surface area contributed by atoms with Gasteiger partial charge in [0.25, 0.3) is 0 Å². The van der Waals surface area contributed by atoms with Gasteiger partial charge in [0, 0.05) is 6.04 Å². The number of allylic oxidation sites excluding steroid dienone is 1. The molecule has 1 aliphatic rings. The van der Waals surface area contributed by atoms with Crippen molar-refractivity contribution in [3.05, 3.63) is 47.0 Å². The lowest BCUT2D eigenvalue weighted by molar-refractivity contribution is -0.137. The molecule has 0 saturated carbocycles. The summed E-state index contributed by atoms with van der Waals surface area (Å²) in [5.41, 5.74) is 1.77. The summed E-state index contributed by atoms with van der Waals surface area (Å²) < 4.78 is 37.7. The molecule has 2 rings (SSSR count). The number of alkyl halides is 3. The molecule has 4 heteroatoms. The van der Waals surface area contributed by atoms with Gasteiger partial charge in [-0.15, -0.1) is 0 Å². The first-order valence-electron chi connectivity index (χ1n) is 7.59. The Morgan fingerprint density at radius 3 is 2.38 bits per heavy atom. The quantitative estimate of drug-likeness (QED) is 0.775. The van der Waals surface area contributed by atoms with Gasteiger partial charge in [-0.2, -0.15) is 13.2 Å². The lowest BCUT2D eigenvalue weighted by Gasteiger charge is -2.24. The van der Waals surface area contributed by atoms with Crippen molar-refractivity contribution in [3.8, 4) is 0 Å². The van der Waals surface area contributed by atoms with E-state index in [1.54, 1.807) is 12.1 Å². The molecule has 0 fully saturated rings. The summed E-state index contributed by atoms with van der Waals surface area (Å²) >= 11 is 0. The Kier molecular flexibility index (Phi) is 5.45. The minimum absolute atomic E-state index is 0.243. The zero-order chi connectivity index (χ0) is 15.3. The van der Waals surface area contributed by atoms with Crippen LogP contribution >= 0.6 is 0 Å². The minimum Gasteiger partial charge on any atom is -0.310 e. The number of likely N-dealkylation sites (N-methyl/N-ethyl adjacent to an activating group) is 1. The van der Waals surface area contributed by atoms with E-state index in [2.05, 4.69) is 18.3 Å². The molecule has 0 aliphatic heterocycles. The van der Waals surface area contributed by atoms with Crippen LogP contribution in [0.2, 0.25) is 0 Å². The number of hydrogen-bond acceptors (Lipinski definition) is 1. The van der Waals surface area contributed by atoms with E-state index >= 15 is 0 Å². The van der Waals surface area contributed by atoms with Crippen LogP contribution in [-0.2, 0) is 12.6 Å². The normalized spacial score (nSPS) is 17.4. The number of halogens is 3. The Morgan fingerprint density at radius 2 is 1.86 bits per heavy atom. The molecule has 0 aromatic heterocycles. The van der Waals surface area contributed by atoms with Crippen molar-refractivity contribution in [2.24, 2.45) is 0 Å². The third-order valence-electron chi connectivity index (χ3n) is 3.95. The molecule has 0 amide bonds. The number of rotatable bonds is 5. The zero-order valence-corrected chi connectivity index (χ0v) is 12.3. The number of hydrogen-bond donors (Lipinski definition) is 1. The van der Waals surface area contributed by atoms with Gasteiger partial charge in [-0.3, -0.25) is 0 Å². The molecule has 1 aromatic carbocycles. The van der Waals surface area contributed by atoms with Gasteiger partial charge in [0.05, 0.1) is 5.56 Å². The molecule has 0 bridgehead atoms. The van der Waals surface area contributed by atoms with Gasteiger partial charge in [-0.1, -0.05) is 30.7 Å². The third kappa shape index (κ3) is 4.60. The van der Waals surface area contributed by atoms with Crippen LogP contribution in [-0.4, -0.2) is 12.6 Å². The Bertz CT molecular complexity index is 474. The van der Waals surface area contributed by atoms with Crippen molar-refractivity contribution < 1.29 is 13.2 Å². The zero-order valence-electron chi connectivity index (χ0n) is 12.3. The highest BCUT2D eigenvalue weighted by molar-refractivity contribution is 5.27. The summed E-state index contributed by atoms with van der Waals surface area (Å²) in [4.78, 5) is 0. The van der Waals surface area contributed by atoms with Gasteiger partial charge in [0.1, 0.15) is 0 Å². The summed E-state index contributed by atoms with van der Waals surface area (Å²) in [6, 6.07) is 5.78. The molecule has 1 aliphatic carbocycles. The van der Waals surface area contributed by atoms with Crippen molar-refractivity contribution in [1.82, 2.24) is 5.32 Å². The maximum atomic E-state index is 12.6. The smallest absolute Gasteiger partial charge is 0.310 e. The summed E-state index contributed by atoms with van der Waals surface area (Å²) in [7, 11) is 0. The van der Waals surface area contributed by atoms with Gasteiger partial charge < -0.3 is 5.32 Å². The maximum absolute atomic E-state index is 12.6. The van der Waals surface area contributed by atoms with Crippen LogP contribution in [0.3, 0.4) is 0 Å². The fraction of sp³-hybridized carbons (Fsp3) is 0.529. The van der Waals surface area contributed by atoms with Crippen molar-refractivity contribution in [2.75, 3.05) is 6.54 Å². The van der Waals surface area contributed by atoms with Crippen molar-refractivity contribution in [1.29, 1.82) is 0 Å². The molecule has 0 saturated heterocycles. The lowest BCUT2D eigenvalue weighted by Crippen LogP contribution is -2.33. The van der Waals surface area contributed by atoms with Crippen LogP contribution in [0.5, 0.6) is 0 Å². The summed E-state index contributed by atoms with van der Waals surface area (Å²) in [6.07, 6.45) is 3.44. The highest BCUT2D eigenvalue weighted by Gasteiger charge is 2.30. The summed E-state index contributed by atoms with van der Waals surface area (Å²) in [5.74, 6) is 0. The second-order valence-corrected chi connectivity index (χ2v) is 5.53. The standard InChI is InChI=1S/C17H22F3N/c1-2-21-16(14-6-4-3-5-7-14)12-13-8-10-15(11-9-13)17(18,19)20/h6,8-11,16,21H,2-5,7,12H2,1H3. The van der Waals surface area contributed by atoms with Crippen LogP contribution in [0.4, 0.5) is 13.2 Å². The maximum Gasteiger partial charge on any atom is 0.416 e. The van der Waals surface area contributed by atoms with Gasteiger partial charge in [0.2, 0.25) is 0 Å². The Morgan fingerprint density at radius 1 is 1.14 bits per heavy atom. The molecule has 1 atom stereocenters. The van der Waals surface area contributed by atoms with Crippen LogP contribution in [0.25, 0.3) is 0 Å². The highest BCUT2D eigenvalue weighted by Crippen LogP contribution is 2.29. The van der Waals surface area contributed by atoms with E-state index in [1.165, 1.54) is 30.5 Å². The summed E-state index contributed by atoms with van der Waals surface area (Å²) in [5, 5.41) is 3.46. The fourth-order valence-electron chi connectivity index (χ4n) is 2.83. The Balaban J connectivity index is 2.08. The highest BCUT2D eigenvalue weighted by atomic mass is 19.4. The van der Waals surface area contributed by atoms with Gasteiger partial charge in [0.15, 0.2) is 0 Å². The Hall–Kier alpha value is -1.29. The van der Waals surface area contributed by atoms with Crippen molar-refractivity contribution in [3.63, 3.8) is 0 Å². The summed E-state index contributed by atoms with van der Waals surface area (Å²) in [6.45, 7) is 2.92. The van der Waals surface area contributed by atoms with Gasteiger partial charge >= 0.3 is 6.18 Å². The first-order valence-corrected chi connectivity index (χ1v) is 7.59. The average molecular weight is 297 g/mol. The van der Waals surface area contributed by atoms with E-state index < -0.39 is 11.7 Å². The second-order valence-electron chi connectivity index (χ2n) is 5.53. The molecule has 1 aromatic rings. The molecular formula is C17H22F3N. The SMILES string of the molecule is CCNC(Cc1ccc(C(F)(F)F)cc1)C1=CCCCC1. The predicted octanol–water partition coefficient (Wildman–Crippen LogP) is 4.73. The topological polar surface area (TPSA) is 12.0 Å². The van der Waals surface area contributed by atoms with Crippen molar-refractivity contribution >= 4 is 0 Å². The number of nitrogens with one attached hydrogen (secondary N) is 1. The average Bonchev–Trinajstić information content (AvgIpc) is 2.47. The van der Waals surface area contributed by atoms with E-state index in [4.69, 9.17) is 0 Å². The Labute approximate surface area is 124 Å². The molecular weight excluding hydrogens is 275 g/mol.